The Balaban J connectivity index is 3.80. The predicted molar refractivity (Wildman–Crippen MR) is 69.0 cm³/mol. The van der Waals surface area contributed by atoms with E-state index >= 15 is 0 Å². The Kier molecular flexibility index (Phi) is 6.76. The molecule has 15 heavy (non-hydrogen) atoms. The first-order valence-electron chi connectivity index (χ1n) is 5.24. The molecule has 0 radical (unpaired) electrons. The van der Waals surface area contributed by atoms with Gasteiger partial charge in [0.05, 0.1) is 13.2 Å². The van der Waals surface area contributed by atoms with Crippen molar-refractivity contribution in [2.75, 3.05) is 19.3 Å². The highest BCUT2D eigenvalue weighted by molar-refractivity contribution is 6.74. The lowest BCUT2D eigenvalue weighted by Gasteiger charge is -2.35. The quantitative estimate of drug-likeness (QED) is 0.309. The summed E-state index contributed by atoms with van der Waals surface area (Å²) in [6, 6.07) is 0.243. The van der Waals surface area contributed by atoms with E-state index < -0.39 is 8.32 Å². The summed E-state index contributed by atoms with van der Waals surface area (Å²) < 4.78 is 10.9. The second-order valence-electron chi connectivity index (χ2n) is 5.02. The largest absolute Gasteiger partial charge is 0.413 e. The molecule has 0 aromatic carbocycles. The van der Waals surface area contributed by atoms with Crippen LogP contribution >= 0.6 is 11.6 Å². The Labute approximate surface area is 99.7 Å². The van der Waals surface area contributed by atoms with Crippen molar-refractivity contribution in [1.29, 1.82) is 0 Å². The van der Waals surface area contributed by atoms with Crippen molar-refractivity contribution in [3.8, 4) is 0 Å². The molecule has 0 aliphatic rings. The van der Waals surface area contributed by atoms with Crippen LogP contribution in [0, 0.1) is 0 Å². The van der Waals surface area contributed by atoms with E-state index in [4.69, 9.17) is 20.8 Å². The third kappa shape index (κ3) is 6.35. The highest BCUT2D eigenvalue weighted by Crippen LogP contribution is 2.36. The van der Waals surface area contributed by atoms with Gasteiger partial charge in [0, 0.05) is 0 Å². The first kappa shape index (κ1) is 15.2. The molecule has 0 rings (SSSR count). The Hall–Kier alpha value is 0.167. The van der Waals surface area contributed by atoms with Crippen molar-refractivity contribution in [2.24, 2.45) is 0 Å². The zero-order chi connectivity index (χ0) is 11.9. The molecule has 0 heterocycles. The predicted octanol–water partition coefficient (Wildman–Crippen LogP) is 3.78. The van der Waals surface area contributed by atoms with Gasteiger partial charge in [0.25, 0.3) is 0 Å². The smallest absolute Gasteiger partial charge is 0.192 e. The summed E-state index contributed by atoms with van der Waals surface area (Å²) in [4.78, 5) is 0. The molecule has 4 heteroatoms. The molecule has 0 bridgehead atoms. The fourth-order valence-corrected chi connectivity index (χ4v) is 1.76. The van der Waals surface area contributed by atoms with Crippen LogP contribution in [0.4, 0.5) is 0 Å². The first-order chi connectivity index (χ1) is 6.81. The lowest BCUT2D eigenvalue weighted by Crippen LogP contribution is -2.40. The molecule has 0 atom stereocenters. The zero-order valence-electron chi connectivity index (χ0n) is 10.5. The summed E-state index contributed by atoms with van der Waals surface area (Å²) in [7, 11) is -1.59. The molecule has 0 saturated heterocycles. The van der Waals surface area contributed by atoms with Crippen molar-refractivity contribution < 1.29 is 9.16 Å². The summed E-state index contributed by atoms with van der Waals surface area (Å²) in [5, 5.41) is 0.271. The third-order valence-corrected chi connectivity index (χ3v) is 7.46. The number of hydrogen-bond donors (Lipinski definition) is 0. The topological polar surface area (TPSA) is 18.5 Å². The summed E-state index contributed by atoms with van der Waals surface area (Å²) in [5.41, 5.74) is 0. The number of ether oxygens (including phenoxy) is 1. The van der Waals surface area contributed by atoms with Gasteiger partial charge in [-0.05, 0) is 18.1 Å². The van der Waals surface area contributed by atoms with E-state index in [1.54, 1.807) is 0 Å². The van der Waals surface area contributed by atoms with Gasteiger partial charge in [0.15, 0.2) is 8.32 Å². The van der Waals surface area contributed by atoms with Crippen LogP contribution in [0.15, 0.2) is 12.2 Å². The molecule has 90 valence electrons. The van der Waals surface area contributed by atoms with E-state index in [2.05, 4.69) is 33.9 Å². The maximum Gasteiger partial charge on any atom is 0.192 e. The Bertz CT molecular complexity index is 197. The number of hydrogen-bond acceptors (Lipinski definition) is 2. The second-order valence-corrected chi connectivity index (χ2v) is 10.1. The highest BCUT2D eigenvalue weighted by Gasteiger charge is 2.36. The Morgan fingerprint density at radius 1 is 1.13 bits per heavy atom. The standard InChI is InChI=1S/C11H23ClO2Si/c1-11(2,3)15(4,5)14-9-7-6-8-13-10-12/h6-7H,8-10H2,1-5H3/b7-6-. The second kappa shape index (κ2) is 6.69. The van der Waals surface area contributed by atoms with Crippen molar-refractivity contribution >= 4 is 19.9 Å². The lowest BCUT2D eigenvalue weighted by molar-refractivity contribution is 0.211. The van der Waals surface area contributed by atoms with Crippen LogP contribution in [-0.4, -0.2) is 27.6 Å². The number of alkyl halides is 1. The molecule has 0 fully saturated rings. The van der Waals surface area contributed by atoms with Crippen LogP contribution in [0.1, 0.15) is 20.8 Å². The average molecular weight is 251 g/mol. The van der Waals surface area contributed by atoms with Gasteiger partial charge < -0.3 is 9.16 Å². The normalized spacial score (nSPS) is 13.7. The van der Waals surface area contributed by atoms with E-state index in [1.807, 2.05) is 12.2 Å². The summed E-state index contributed by atoms with van der Waals surface area (Å²) in [6.45, 7) is 12.4. The van der Waals surface area contributed by atoms with Crippen LogP contribution in [0.2, 0.25) is 18.1 Å². The molecule has 0 N–H and O–H groups in total. The van der Waals surface area contributed by atoms with Crippen LogP contribution in [0.5, 0.6) is 0 Å². The molecule has 0 saturated carbocycles. The molecular formula is C11H23ClO2Si. The molecular weight excluding hydrogens is 228 g/mol. The fourth-order valence-electron chi connectivity index (χ4n) is 0.722. The first-order valence-corrected chi connectivity index (χ1v) is 8.68. The molecule has 0 unspecified atom stereocenters. The van der Waals surface area contributed by atoms with Crippen LogP contribution in [0.25, 0.3) is 0 Å². The summed E-state index contributed by atoms with van der Waals surface area (Å²) in [6.07, 6.45) is 3.93. The van der Waals surface area contributed by atoms with E-state index in [1.165, 1.54) is 0 Å². The van der Waals surface area contributed by atoms with Gasteiger partial charge in [-0.1, -0.05) is 44.5 Å². The molecule has 0 aliphatic carbocycles. The van der Waals surface area contributed by atoms with Gasteiger partial charge in [0.1, 0.15) is 6.07 Å². The van der Waals surface area contributed by atoms with Crippen LogP contribution in [0.3, 0.4) is 0 Å². The highest BCUT2D eigenvalue weighted by atomic mass is 35.5. The van der Waals surface area contributed by atoms with E-state index in [9.17, 15) is 0 Å². The van der Waals surface area contributed by atoms with E-state index in [-0.39, 0.29) is 11.1 Å². The van der Waals surface area contributed by atoms with Gasteiger partial charge >= 0.3 is 0 Å². The minimum atomic E-state index is -1.59. The maximum atomic E-state index is 5.94. The maximum absolute atomic E-state index is 5.94. The van der Waals surface area contributed by atoms with E-state index in [0.717, 1.165) is 0 Å². The van der Waals surface area contributed by atoms with Crippen LogP contribution in [-0.2, 0) is 9.16 Å². The minimum Gasteiger partial charge on any atom is -0.413 e. The van der Waals surface area contributed by atoms with Crippen molar-refractivity contribution in [2.45, 2.75) is 38.9 Å². The lowest BCUT2D eigenvalue weighted by atomic mass is 10.2. The minimum absolute atomic E-state index is 0.243. The van der Waals surface area contributed by atoms with Gasteiger partial charge in [-0.15, -0.1) is 0 Å². The van der Waals surface area contributed by atoms with Crippen molar-refractivity contribution in [3.05, 3.63) is 12.2 Å². The average Bonchev–Trinajstić information content (AvgIpc) is 2.09. The molecule has 0 spiro atoms. The van der Waals surface area contributed by atoms with Gasteiger partial charge in [0.2, 0.25) is 0 Å². The molecule has 0 aromatic heterocycles. The molecule has 0 aliphatic heterocycles. The number of halogens is 1. The monoisotopic (exact) mass is 250 g/mol. The fraction of sp³-hybridized carbons (Fsp3) is 0.818. The zero-order valence-corrected chi connectivity index (χ0v) is 12.2. The van der Waals surface area contributed by atoms with Crippen molar-refractivity contribution in [3.63, 3.8) is 0 Å². The molecule has 0 amide bonds. The van der Waals surface area contributed by atoms with Gasteiger partial charge in [-0.3, -0.25) is 0 Å². The van der Waals surface area contributed by atoms with E-state index in [0.29, 0.717) is 13.2 Å². The van der Waals surface area contributed by atoms with Crippen molar-refractivity contribution in [1.82, 2.24) is 0 Å². The Morgan fingerprint density at radius 3 is 2.13 bits per heavy atom. The Morgan fingerprint density at radius 2 is 1.67 bits per heavy atom. The molecule has 2 nitrogen and oxygen atoms in total. The van der Waals surface area contributed by atoms with Crippen LogP contribution < -0.4 is 0 Å². The molecule has 0 aromatic rings. The summed E-state index contributed by atoms with van der Waals surface area (Å²) in [5.74, 6) is 0. The van der Waals surface area contributed by atoms with Gasteiger partial charge in [-0.25, -0.2) is 0 Å². The van der Waals surface area contributed by atoms with Gasteiger partial charge in [-0.2, -0.15) is 0 Å². The SMILES string of the molecule is CC(C)(C)[Si](C)(C)OC/C=C\COCCl. The third-order valence-electron chi connectivity index (χ3n) is 2.80. The number of rotatable bonds is 6. The summed E-state index contributed by atoms with van der Waals surface area (Å²) >= 11 is 5.37.